The maximum absolute atomic E-state index is 12.1. The van der Waals surface area contributed by atoms with Crippen LogP contribution in [0.25, 0.3) is 5.69 Å². The van der Waals surface area contributed by atoms with Crippen molar-refractivity contribution >= 4 is 22.9 Å². The van der Waals surface area contributed by atoms with Gasteiger partial charge in [0.05, 0.1) is 10.7 Å². The number of rotatable bonds is 3. The molecular formula is C15H15ClN2O2S. The first-order valence-electron chi connectivity index (χ1n) is 6.30. The van der Waals surface area contributed by atoms with Gasteiger partial charge in [-0.2, -0.15) is 9.78 Å². The van der Waals surface area contributed by atoms with E-state index in [-0.39, 0.29) is 16.9 Å². The molecule has 6 heteroatoms. The maximum atomic E-state index is 12.1. The van der Waals surface area contributed by atoms with Crippen LogP contribution in [0.1, 0.15) is 25.8 Å². The normalized spacial score (nSPS) is 11.2. The topological polar surface area (TPSA) is 44.1 Å². The Balaban J connectivity index is 2.46. The fraction of sp³-hybridized carbons (Fsp3) is 0.333. The van der Waals surface area contributed by atoms with Gasteiger partial charge in [0.15, 0.2) is 0 Å². The van der Waals surface area contributed by atoms with Crippen molar-refractivity contribution in [2.45, 2.75) is 26.2 Å². The van der Waals surface area contributed by atoms with Crippen molar-refractivity contribution < 1.29 is 4.74 Å². The summed E-state index contributed by atoms with van der Waals surface area (Å²) in [6.45, 7) is 6.15. The molecule has 0 spiro atoms. The first-order valence-corrected chi connectivity index (χ1v) is 7.49. The lowest BCUT2D eigenvalue weighted by Crippen LogP contribution is -2.14. The zero-order valence-corrected chi connectivity index (χ0v) is 13.6. The van der Waals surface area contributed by atoms with E-state index in [1.807, 2.05) is 20.8 Å². The summed E-state index contributed by atoms with van der Waals surface area (Å²) in [6.07, 6.45) is 5.17. The van der Waals surface area contributed by atoms with E-state index in [9.17, 15) is 4.79 Å². The number of aromatic nitrogens is 2. The molecular weight excluding hydrogens is 308 g/mol. The van der Waals surface area contributed by atoms with Crippen LogP contribution in [0.2, 0.25) is 5.02 Å². The lowest BCUT2D eigenvalue weighted by atomic mass is 9.98. The summed E-state index contributed by atoms with van der Waals surface area (Å²) in [4.78, 5) is 12.0. The van der Waals surface area contributed by atoms with Gasteiger partial charge in [-0.25, -0.2) is 0 Å². The molecule has 2 aromatic rings. The molecule has 0 bridgehead atoms. The third kappa shape index (κ3) is 3.46. The van der Waals surface area contributed by atoms with Gasteiger partial charge in [0.25, 0.3) is 0 Å². The third-order valence-corrected chi connectivity index (χ3v) is 4.21. The molecule has 1 heterocycles. The minimum atomic E-state index is -0.176. The predicted octanol–water partition coefficient (Wildman–Crippen LogP) is 3.26. The van der Waals surface area contributed by atoms with Gasteiger partial charge in [-0.05, 0) is 12.1 Å². The van der Waals surface area contributed by atoms with E-state index >= 15 is 0 Å². The van der Waals surface area contributed by atoms with Crippen molar-refractivity contribution in [2.75, 3.05) is 6.61 Å². The molecule has 0 atom stereocenters. The van der Waals surface area contributed by atoms with Gasteiger partial charge >= 0.3 is 4.87 Å². The van der Waals surface area contributed by atoms with E-state index in [2.05, 4.69) is 11.0 Å². The second-order valence-corrected chi connectivity index (χ2v) is 6.79. The van der Waals surface area contributed by atoms with Gasteiger partial charge < -0.3 is 4.74 Å². The monoisotopic (exact) mass is 322 g/mol. The summed E-state index contributed by atoms with van der Waals surface area (Å²) in [5.41, 5.74) is 0.424. The average Bonchev–Trinajstić information content (AvgIpc) is 2.80. The maximum Gasteiger partial charge on any atom is 0.329 e. The summed E-state index contributed by atoms with van der Waals surface area (Å²) in [5.74, 6) is 2.81. The second-order valence-electron chi connectivity index (χ2n) is 5.44. The van der Waals surface area contributed by atoms with E-state index in [0.717, 1.165) is 16.3 Å². The lowest BCUT2D eigenvalue weighted by molar-refractivity contribution is 0.370. The molecule has 0 fully saturated rings. The van der Waals surface area contributed by atoms with Crippen LogP contribution in [0, 0.1) is 12.3 Å². The van der Waals surface area contributed by atoms with Crippen LogP contribution in [0.4, 0.5) is 0 Å². The van der Waals surface area contributed by atoms with Crippen LogP contribution in [0.3, 0.4) is 0 Å². The van der Waals surface area contributed by atoms with E-state index in [1.165, 1.54) is 4.68 Å². The van der Waals surface area contributed by atoms with Crippen molar-refractivity contribution in [3.63, 3.8) is 0 Å². The Labute approximate surface area is 132 Å². The number of hydrogen-bond acceptors (Lipinski definition) is 4. The van der Waals surface area contributed by atoms with Gasteiger partial charge in [-0.1, -0.05) is 49.6 Å². The van der Waals surface area contributed by atoms with E-state index < -0.39 is 0 Å². The van der Waals surface area contributed by atoms with Crippen LogP contribution >= 0.6 is 22.9 Å². The average molecular weight is 323 g/mol. The molecule has 1 aromatic carbocycles. The zero-order chi connectivity index (χ0) is 15.6. The van der Waals surface area contributed by atoms with Crippen molar-refractivity contribution in [3.8, 4) is 23.8 Å². The quantitative estimate of drug-likeness (QED) is 0.815. The summed E-state index contributed by atoms with van der Waals surface area (Å²) >= 11 is 7.17. The Hall–Kier alpha value is -1.77. The van der Waals surface area contributed by atoms with E-state index in [0.29, 0.717) is 16.5 Å². The molecule has 4 nitrogen and oxygen atoms in total. The highest BCUT2D eigenvalue weighted by Crippen LogP contribution is 2.28. The van der Waals surface area contributed by atoms with Crippen LogP contribution in [0.5, 0.6) is 5.75 Å². The number of hydrogen-bond donors (Lipinski definition) is 0. The third-order valence-electron chi connectivity index (χ3n) is 2.66. The smallest absolute Gasteiger partial charge is 0.329 e. The Bertz CT molecular complexity index is 750. The van der Waals surface area contributed by atoms with Crippen molar-refractivity contribution in [1.29, 1.82) is 0 Å². The minimum Gasteiger partial charge on any atom is -0.479 e. The standard InChI is InChI=1S/C15H15ClN2O2S/c1-5-8-20-12-9-10(6-7-11(12)16)18-14(19)21-13(17-18)15(2,3)4/h1,6-7,9H,8H2,2-4H3. The minimum absolute atomic E-state index is 0.113. The Morgan fingerprint density at radius 3 is 2.76 bits per heavy atom. The summed E-state index contributed by atoms with van der Waals surface area (Å²) in [7, 11) is 0. The highest BCUT2D eigenvalue weighted by molar-refractivity contribution is 7.09. The molecule has 0 amide bonds. The molecule has 0 radical (unpaired) electrons. The molecule has 110 valence electrons. The molecule has 21 heavy (non-hydrogen) atoms. The SMILES string of the molecule is C#CCOc1cc(-n2nc(C(C)(C)C)sc2=O)ccc1Cl. The molecule has 1 aromatic heterocycles. The Kier molecular flexibility index (Phi) is 4.40. The van der Waals surface area contributed by atoms with Crippen LogP contribution in [0.15, 0.2) is 23.0 Å². The zero-order valence-electron chi connectivity index (χ0n) is 12.0. The molecule has 0 aliphatic carbocycles. The lowest BCUT2D eigenvalue weighted by Gasteiger charge is -2.13. The van der Waals surface area contributed by atoms with Crippen molar-refractivity contribution in [3.05, 3.63) is 37.9 Å². The number of benzene rings is 1. The van der Waals surface area contributed by atoms with E-state index in [4.69, 9.17) is 22.8 Å². The number of nitrogens with zero attached hydrogens (tertiary/aromatic N) is 2. The molecule has 0 saturated heterocycles. The summed E-state index contributed by atoms with van der Waals surface area (Å²) in [6, 6.07) is 5.04. The van der Waals surface area contributed by atoms with Crippen LogP contribution < -0.4 is 9.61 Å². The first-order chi connectivity index (χ1) is 9.82. The molecule has 2 rings (SSSR count). The fourth-order valence-corrected chi connectivity index (χ4v) is 2.60. The molecule has 0 saturated carbocycles. The molecule has 0 unspecified atom stereocenters. The number of terminal acetylenes is 1. The number of halogens is 1. The second kappa shape index (κ2) is 5.92. The first kappa shape index (κ1) is 15.6. The highest BCUT2D eigenvalue weighted by Gasteiger charge is 2.21. The van der Waals surface area contributed by atoms with Gasteiger partial charge in [0, 0.05) is 11.5 Å². The Morgan fingerprint density at radius 1 is 1.48 bits per heavy atom. The highest BCUT2D eigenvalue weighted by atomic mass is 35.5. The molecule has 0 N–H and O–H groups in total. The van der Waals surface area contributed by atoms with Gasteiger partial charge in [-0.3, -0.25) is 4.79 Å². The largest absolute Gasteiger partial charge is 0.479 e. The molecule has 0 aliphatic heterocycles. The van der Waals surface area contributed by atoms with Gasteiger partial charge in [0.2, 0.25) is 0 Å². The van der Waals surface area contributed by atoms with Crippen LogP contribution in [-0.2, 0) is 5.41 Å². The summed E-state index contributed by atoms with van der Waals surface area (Å²) < 4.78 is 6.71. The molecule has 0 aliphatic rings. The van der Waals surface area contributed by atoms with Gasteiger partial charge in [0.1, 0.15) is 17.4 Å². The summed E-state index contributed by atoms with van der Waals surface area (Å²) in [5, 5.41) is 5.60. The Morgan fingerprint density at radius 2 is 2.19 bits per heavy atom. The van der Waals surface area contributed by atoms with Crippen LogP contribution in [-0.4, -0.2) is 16.4 Å². The number of ether oxygens (including phenoxy) is 1. The van der Waals surface area contributed by atoms with Gasteiger partial charge in [-0.15, -0.1) is 6.42 Å². The van der Waals surface area contributed by atoms with E-state index in [1.54, 1.807) is 18.2 Å². The van der Waals surface area contributed by atoms with Crippen molar-refractivity contribution in [2.24, 2.45) is 0 Å². The fourth-order valence-electron chi connectivity index (χ4n) is 1.60. The predicted molar refractivity (Wildman–Crippen MR) is 85.7 cm³/mol. The van der Waals surface area contributed by atoms with Crippen molar-refractivity contribution in [1.82, 2.24) is 9.78 Å².